The minimum atomic E-state index is -1.09. The molecule has 0 unspecified atom stereocenters. The van der Waals surface area contributed by atoms with Crippen molar-refractivity contribution in [2.75, 3.05) is 7.11 Å². The van der Waals surface area contributed by atoms with E-state index in [0.29, 0.717) is 17.1 Å². The standard InChI is InChI=1S/C12H13NO4/c1-7-3-8(4-10(13-7)17-2)12(11(15)16)5-9(14)6-12/h3-4H,5-6H2,1-2H3,(H,15,16). The summed E-state index contributed by atoms with van der Waals surface area (Å²) in [7, 11) is 1.48. The van der Waals surface area contributed by atoms with Gasteiger partial charge in [-0.05, 0) is 18.6 Å². The molecule has 5 heteroatoms. The van der Waals surface area contributed by atoms with Crippen LogP contribution in [0.25, 0.3) is 0 Å². The zero-order chi connectivity index (χ0) is 12.6. The number of carbonyl (C=O) groups is 2. The Hall–Kier alpha value is -1.91. The summed E-state index contributed by atoms with van der Waals surface area (Å²) in [6, 6.07) is 3.29. The van der Waals surface area contributed by atoms with Gasteiger partial charge in [0.15, 0.2) is 0 Å². The monoisotopic (exact) mass is 235 g/mol. The summed E-state index contributed by atoms with van der Waals surface area (Å²) < 4.78 is 5.02. The predicted molar refractivity (Wildman–Crippen MR) is 59.1 cm³/mol. The van der Waals surface area contributed by atoms with Gasteiger partial charge in [-0.2, -0.15) is 0 Å². The molecular formula is C12H13NO4. The van der Waals surface area contributed by atoms with Gasteiger partial charge >= 0.3 is 5.97 Å². The first-order valence-corrected chi connectivity index (χ1v) is 5.26. The average Bonchev–Trinajstić information content (AvgIpc) is 2.23. The van der Waals surface area contributed by atoms with Gasteiger partial charge in [-0.15, -0.1) is 0 Å². The van der Waals surface area contributed by atoms with E-state index < -0.39 is 11.4 Å². The molecule has 0 aliphatic heterocycles. The van der Waals surface area contributed by atoms with Gasteiger partial charge in [-0.3, -0.25) is 9.59 Å². The van der Waals surface area contributed by atoms with Crippen molar-refractivity contribution in [1.29, 1.82) is 0 Å². The summed E-state index contributed by atoms with van der Waals surface area (Å²) in [5.41, 5.74) is 0.186. The molecule has 1 N–H and O–H groups in total. The molecule has 2 rings (SSSR count). The number of hydrogen-bond donors (Lipinski definition) is 1. The molecule has 0 amide bonds. The highest BCUT2D eigenvalue weighted by molar-refractivity contribution is 6.01. The highest BCUT2D eigenvalue weighted by Crippen LogP contribution is 2.42. The molecule has 1 aromatic heterocycles. The molecule has 0 atom stereocenters. The Morgan fingerprint density at radius 1 is 1.47 bits per heavy atom. The smallest absolute Gasteiger partial charge is 0.315 e. The maximum atomic E-state index is 11.3. The van der Waals surface area contributed by atoms with Gasteiger partial charge in [0, 0.05) is 24.6 Å². The van der Waals surface area contributed by atoms with Crippen molar-refractivity contribution in [2.24, 2.45) is 0 Å². The van der Waals surface area contributed by atoms with Crippen LogP contribution in [0.2, 0.25) is 0 Å². The van der Waals surface area contributed by atoms with E-state index in [-0.39, 0.29) is 18.6 Å². The molecule has 0 spiro atoms. The number of carbonyl (C=O) groups excluding carboxylic acids is 1. The second kappa shape index (κ2) is 3.84. The SMILES string of the molecule is COc1cc(C2(C(=O)O)CC(=O)C2)cc(C)n1. The molecule has 1 saturated carbocycles. The lowest BCUT2D eigenvalue weighted by atomic mass is 9.63. The zero-order valence-corrected chi connectivity index (χ0v) is 9.69. The molecule has 1 heterocycles. The van der Waals surface area contributed by atoms with Gasteiger partial charge in [0.1, 0.15) is 11.2 Å². The number of pyridine rings is 1. The van der Waals surface area contributed by atoms with Gasteiger partial charge in [0.25, 0.3) is 0 Å². The van der Waals surface area contributed by atoms with Crippen molar-refractivity contribution < 1.29 is 19.4 Å². The minimum absolute atomic E-state index is 0.0270. The third kappa shape index (κ3) is 1.77. The molecule has 17 heavy (non-hydrogen) atoms. The van der Waals surface area contributed by atoms with Crippen LogP contribution >= 0.6 is 0 Å². The van der Waals surface area contributed by atoms with E-state index >= 15 is 0 Å². The quantitative estimate of drug-likeness (QED) is 0.848. The van der Waals surface area contributed by atoms with Crippen LogP contribution in [-0.2, 0) is 15.0 Å². The molecule has 1 aliphatic rings. The molecule has 0 radical (unpaired) electrons. The number of nitrogens with zero attached hydrogens (tertiary/aromatic N) is 1. The van der Waals surface area contributed by atoms with E-state index in [1.807, 2.05) is 0 Å². The number of hydrogen-bond acceptors (Lipinski definition) is 4. The number of carboxylic acids is 1. The zero-order valence-electron chi connectivity index (χ0n) is 9.69. The summed E-state index contributed by atoms with van der Waals surface area (Å²) in [5.74, 6) is -0.620. The van der Waals surface area contributed by atoms with Crippen LogP contribution in [0.5, 0.6) is 5.88 Å². The number of aliphatic carboxylic acids is 1. The normalized spacial score (nSPS) is 17.4. The second-order valence-corrected chi connectivity index (χ2v) is 4.32. The van der Waals surface area contributed by atoms with Crippen LogP contribution in [0.1, 0.15) is 24.1 Å². The molecule has 0 aromatic carbocycles. The molecule has 0 saturated heterocycles. The van der Waals surface area contributed by atoms with Gasteiger partial charge in [0.2, 0.25) is 5.88 Å². The van der Waals surface area contributed by atoms with Gasteiger partial charge < -0.3 is 9.84 Å². The topological polar surface area (TPSA) is 76.5 Å². The van der Waals surface area contributed by atoms with Crippen molar-refractivity contribution in [1.82, 2.24) is 4.98 Å². The second-order valence-electron chi connectivity index (χ2n) is 4.32. The number of aryl methyl sites for hydroxylation is 1. The number of carboxylic acid groups (broad SMARTS) is 1. The Morgan fingerprint density at radius 3 is 2.59 bits per heavy atom. The third-order valence-electron chi connectivity index (χ3n) is 3.10. The summed E-state index contributed by atoms with van der Waals surface area (Å²) >= 11 is 0. The lowest BCUT2D eigenvalue weighted by Crippen LogP contribution is -2.48. The summed E-state index contributed by atoms with van der Waals surface area (Å²) in [6.45, 7) is 1.77. The van der Waals surface area contributed by atoms with E-state index in [2.05, 4.69) is 4.98 Å². The maximum Gasteiger partial charge on any atom is 0.315 e. The lowest BCUT2D eigenvalue weighted by Gasteiger charge is -2.36. The third-order valence-corrected chi connectivity index (χ3v) is 3.10. The van der Waals surface area contributed by atoms with Crippen LogP contribution in [0.3, 0.4) is 0 Å². The largest absolute Gasteiger partial charge is 0.481 e. The highest BCUT2D eigenvalue weighted by Gasteiger charge is 2.51. The van der Waals surface area contributed by atoms with E-state index in [1.54, 1.807) is 19.1 Å². The first kappa shape index (κ1) is 11.6. The maximum absolute atomic E-state index is 11.3. The number of Topliss-reactive ketones (excluding diaryl/α,β-unsaturated/α-hetero) is 1. The lowest BCUT2D eigenvalue weighted by molar-refractivity contribution is -0.153. The van der Waals surface area contributed by atoms with Gasteiger partial charge in [0.05, 0.1) is 7.11 Å². The van der Waals surface area contributed by atoms with Crippen molar-refractivity contribution in [2.45, 2.75) is 25.2 Å². The minimum Gasteiger partial charge on any atom is -0.481 e. The van der Waals surface area contributed by atoms with Crippen molar-refractivity contribution in [3.63, 3.8) is 0 Å². The fourth-order valence-corrected chi connectivity index (χ4v) is 2.12. The number of aromatic nitrogens is 1. The van der Waals surface area contributed by atoms with Crippen LogP contribution < -0.4 is 4.74 Å². The van der Waals surface area contributed by atoms with E-state index in [4.69, 9.17) is 4.74 Å². The Bertz CT molecular complexity index is 487. The molecule has 90 valence electrons. The van der Waals surface area contributed by atoms with E-state index in [9.17, 15) is 14.7 Å². The molecule has 5 nitrogen and oxygen atoms in total. The van der Waals surface area contributed by atoms with Gasteiger partial charge in [-0.1, -0.05) is 0 Å². The Kier molecular flexibility index (Phi) is 2.61. The fraction of sp³-hybridized carbons (Fsp3) is 0.417. The number of ketones is 1. The molecule has 1 aliphatic carbocycles. The van der Waals surface area contributed by atoms with Gasteiger partial charge in [-0.25, -0.2) is 4.98 Å². The van der Waals surface area contributed by atoms with Crippen LogP contribution in [0.15, 0.2) is 12.1 Å². The van der Waals surface area contributed by atoms with Crippen molar-refractivity contribution in [3.05, 3.63) is 23.4 Å². The van der Waals surface area contributed by atoms with Crippen molar-refractivity contribution in [3.8, 4) is 5.88 Å². The average molecular weight is 235 g/mol. The Balaban J connectivity index is 2.47. The molecule has 0 bridgehead atoms. The number of methoxy groups -OCH3 is 1. The predicted octanol–water partition coefficient (Wildman–Crippen LogP) is 1.08. The van der Waals surface area contributed by atoms with E-state index in [0.717, 1.165) is 0 Å². The fourth-order valence-electron chi connectivity index (χ4n) is 2.12. The first-order chi connectivity index (χ1) is 7.98. The Labute approximate surface area is 98.4 Å². The summed E-state index contributed by atoms with van der Waals surface area (Å²) in [4.78, 5) is 26.6. The van der Waals surface area contributed by atoms with E-state index in [1.165, 1.54) is 7.11 Å². The summed E-state index contributed by atoms with van der Waals surface area (Å²) in [6.07, 6.45) is 0.101. The van der Waals surface area contributed by atoms with Crippen LogP contribution in [0, 0.1) is 6.92 Å². The Morgan fingerprint density at radius 2 is 2.12 bits per heavy atom. The number of ether oxygens (including phenoxy) is 1. The molecule has 1 fully saturated rings. The molecular weight excluding hydrogens is 222 g/mol. The summed E-state index contributed by atoms with van der Waals surface area (Å²) in [5, 5.41) is 9.30. The van der Waals surface area contributed by atoms with Crippen LogP contribution in [-0.4, -0.2) is 29.0 Å². The highest BCUT2D eigenvalue weighted by atomic mass is 16.5. The number of rotatable bonds is 3. The first-order valence-electron chi connectivity index (χ1n) is 5.26. The molecule has 1 aromatic rings. The van der Waals surface area contributed by atoms with Crippen molar-refractivity contribution >= 4 is 11.8 Å². The van der Waals surface area contributed by atoms with Crippen LogP contribution in [0.4, 0.5) is 0 Å².